The van der Waals surface area contributed by atoms with E-state index in [1.807, 2.05) is 0 Å². The van der Waals surface area contributed by atoms with Crippen LogP contribution in [0.1, 0.15) is 5.56 Å². The molecular weight excluding hydrogens is 348 g/mol. The van der Waals surface area contributed by atoms with Crippen LogP contribution in [0.25, 0.3) is 0 Å². The summed E-state index contributed by atoms with van der Waals surface area (Å²) < 4.78 is 5.56. The standard InChI is InChI=1S/C12H10BrClN4O2/c1-20-9-5-7(4-8(13)12(9)19)6-15-17-11-3-2-10(14)16-18-11/h2-6,19H,1H3,(H,17,18). The van der Waals surface area contributed by atoms with Crippen molar-refractivity contribution in [3.8, 4) is 11.5 Å². The molecule has 1 aromatic heterocycles. The second-order valence-corrected chi connectivity index (χ2v) is 4.91. The lowest BCUT2D eigenvalue weighted by molar-refractivity contribution is 0.372. The van der Waals surface area contributed by atoms with Crippen molar-refractivity contribution in [2.45, 2.75) is 0 Å². The second-order valence-electron chi connectivity index (χ2n) is 3.66. The first kappa shape index (κ1) is 14.5. The lowest BCUT2D eigenvalue weighted by Gasteiger charge is -2.06. The fraction of sp³-hybridized carbons (Fsp3) is 0.0833. The highest BCUT2D eigenvalue weighted by Crippen LogP contribution is 2.34. The van der Waals surface area contributed by atoms with Crippen molar-refractivity contribution >= 4 is 39.6 Å². The van der Waals surface area contributed by atoms with Gasteiger partial charge in [-0.05, 0) is 45.8 Å². The molecule has 0 radical (unpaired) electrons. The van der Waals surface area contributed by atoms with Gasteiger partial charge in [-0.2, -0.15) is 5.10 Å². The molecule has 0 bridgehead atoms. The van der Waals surface area contributed by atoms with Gasteiger partial charge >= 0.3 is 0 Å². The van der Waals surface area contributed by atoms with Crippen LogP contribution in [0.15, 0.2) is 33.8 Å². The molecule has 1 aromatic carbocycles. The number of hydrogen-bond acceptors (Lipinski definition) is 6. The third-order valence-electron chi connectivity index (χ3n) is 2.30. The van der Waals surface area contributed by atoms with Gasteiger partial charge in [0.2, 0.25) is 0 Å². The zero-order valence-electron chi connectivity index (χ0n) is 10.3. The van der Waals surface area contributed by atoms with E-state index < -0.39 is 0 Å². The van der Waals surface area contributed by atoms with Crippen LogP contribution < -0.4 is 10.2 Å². The van der Waals surface area contributed by atoms with Gasteiger partial charge in [0.15, 0.2) is 22.5 Å². The molecule has 2 N–H and O–H groups in total. The Kier molecular flexibility index (Phi) is 4.75. The number of aromatic nitrogens is 2. The number of nitrogens with zero attached hydrogens (tertiary/aromatic N) is 3. The van der Waals surface area contributed by atoms with E-state index in [0.29, 0.717) is 21.2 Å². The molecule has 0 amide bonds. The molecule has 0 spiro atoms. The molecule has 1 heterocycles. The number of phenols is 1. The third kappa shape index (κ3) is 3.58. The molecule has 0 aliphatic heterocycles. The van der Waals surface area contributed by atoms with Gasteiger partial charge in [-0.25, -0.2) is 0 Å². The summed E-state index contributed by atoms with van der Waals surface area (Å²) in [4.78, 5) is 0. The van der Waals surface area contributed by atoms with Gasteiger partial charge in [-0.15, -0.1) is 10.2 Å². The molecule has 2 aromatic rings. The smallest absolute Gasteiger partial charge is 0.172 e. The van der Waals surface area contributed by atoms with Gasteiger partial charge < -0.3 is 9.84 Å². The Labute approximate surface area is 128 Å². The maximum absolute atomic E-state index is 9.69. The largest absolute Gasteiger partial charge is 0.503 e. The first-order valence-corrected chi connectivity index (χ1v) is 6.62. The molecule has 0 saturated heterocycles. The summed E-state index contributed by atoms with van der Waals surface area (Å²) in [5, 5.41) is 21.5. The Hall–Kier alpha value is -1.86. The highest BCUT2D eigenvalue weighted by Gasteiger charge is 2.07. The Balaban J connectivity index is 2.11. The lowest BCUT2D eigenvalue weighted by Crippen LogP contribution is -1.95. The topological polar surface area (TPSA) is 79.6 Å². The van der Waals surface area contributed by atoms with Crippen molar-refractivity contribution in [1.29, 1.82) is 0 Å². The number of nitrogens with one attached hydrogen (secondary N) is 1. The average molecular weight is 358 g/mol. The lowest BCUT2D eigenvalue weighted by atomic mass is 10.2. The predicted octanol–water partition coefficient (Wildman–Crippen LogP) is 3.05. The number of halogens is 2. The highest BCUT2D eigenvalue weighted by atomic mass is 79.9. The van der Waals surface area contributed by atoms with Crippen molar-refractivity contribution in [2.24, 2.45) is 5.10 Å². The number of ether oxygens (including phenoxy) is 1. The Morgan fingerprint density at radius 1 is 1.40 bits per heavy atom. The van der Waals surface area contributed by atoms with Gasteiger partial charge in [0.1, 0.15) is 0 Å². The molecule has 0 fully saturated rings. The summed E-state index contributed by atoms with van der Waals surface area (Å²) in [6.45, 7) is 0. The maximum Gasteiger partial charge on any atom is 0.172 e. The Bertz CT molecular complexity index is 634. The second kappa shape index (κ2) is 6.53. The minimum Gasteiger partial charge on any atom is -0.503 e. The van der Waals surface area contributed by atoms with Crippen molar-refractivity contribution < 1.29 is 9.84 Å². The normalized spacial score (nSPS) is 10.8. The summed E-state index contributed by atoms with van der Waals surface area (Å²) in [5.74, 6) is 0.865. The minimum absolute atomic E-state index is 0.0428. The number of benzene rings is 1. The van der Waals surface area contributed by atoms with E-state index in [0.717, 1.165) is 5.56 Å². The average Bonchev–Trinajstić information content (AvgIpc) is 2.44. The first-order valence-electron chi connectivity index (χ1n) is 5.45. The summed E-state index contributed by atoms with van der Waals surface area (Å²) in [6.07, 6.45) is 1.56. The number of aromatic hydroxyl groups is 1. The molecule has 20 heavy (non-hydrogen) atoms. The molecule has 6 nitrogen and oxygen atoms in total. The molecule has 104 valence electrons. The monoisotopic (exact) mass is 356 g/mol. The fourth-order valence-corrected chi connectivity index (χ4v) is 1.93. The Morgan fingerprint density at radius 2 is 2.20 bits per heavy atom. The van der Waals surface area contributed by atoms with E-state index in [1.54, 1.807) is 30.5 Å². The molecule has 0 aliphatic carbocycles. The van der Waals surface area contributed by atoms with Gasteiger partial charge in [0, 0.05) is 0 Å². The number of hydrazone groups is 1. The summed E-state index contributed by atoms with van der Waals surface area (Å²) in [7, 11) is 1.48. The van der Waals surface area contributed by atoms with Crippen LogP contribution in [0.3, 0.4) is 0 Å². The molecule has 0 atom stereocenters. The maximum atomic E-state index is 9.69. The van der Waals surface area contributed by atoms with Gasteiger partial charge in [0.25, 0.3) is 0 Å². The SMILES string of the molecule is COc1cc(C=NNc2ccc(Cl)nn2)cc(Br)c1O. The number of rotatable bonds is 4. The molecule has 0 saturated carbocycles. The summed E-state index contributed by atoms with van der Waals surface area (Å²) in [5.41, 5.74) is 3.45. The molecule has 2 rings (SSSR count). The van der Waals surface area contributed by atoms with Crippen molar-refractivity contribution in [3.05, 3.63) is 39.5 Å². The van der Waals surface area contributed by atoms with Gasteiger partial charge in [-0.1, -0.05) is 11.6 Å². The number of hydrogen-bond donors (Lipinski definition) is 2. The van der Waals surface area contributed by atoms with Gasteiger partial charge in [-0.3, -0.25) is 5.43 Å². The number of phenolic OH excluding ortho intramolecular Hbond substituents is 1. The van der Waals surface area contributed by atoms with Crippen LogP contribution >= 0.6 is 27.5 Å². The molecular formula is C12H10BrClN4O2. The Morgan fingerprint density at radius 3 is 2.85 bits per heavy atom. The van der Waals surface area contributed by atoms with Crippen LogP contribution in [0.5, 0.6) is 11.5 Å². The van der Waals surface area contributed by atoms with Crippen molar-refractivity contribution in [3.63, 3.8) is 0 Å². The van der Waals surface area contributed by atoms with E-state index >= 15 is 0 Å². The van der Waals surface area contributed by atoms with Crippen molar-refractivity contribution in [1.82, 2.24) is 10.2 Å². The molecule has 8 heteroatoms. The highest BCUT2D eigenvalue weighted by molar-refractivity contribution is 9.10. The van der Waals surface area contributed by atoms with Crippen LogP contribution in [-0.2, 0) is 0 Å². The fourth-order valence-electron chi connectivity index (χ4n) is 1.37. The van der Waals surface area contributed by atoms with E-state index in [9.17, 15) is 5.11 Å². The summed E-state index contributed by atoms with van der Waals surface area (Å²) in [6, 6.07) is 6.61. The first-order chi connectivity index (χ1) is 9.60. The predicted molar refractivity (Wildman–Crippen MR) is 80.6 cm³/mol. The minimum atomic E-state index is 0.0428. The van der Waals surface area contributed by atoms with E-state index in [-0.39, 0.29) is 5.75 Å². The number of anilines is 1. The van der Waals surface area contributed by atoms with E-state index in [4.69, 9.17) is 16.3 Å². The van der Waals surface area contributed by atoms with Crippen LogP contribution in [0.2, 0.25) is 5.15 Å². The zero-order valence-corrected chi connectivity index (χ0v) is 12.7. The van der Waals surface area contributed by atoms with E-state index in [2.05, 4.69) is 36.7 Å². The zero-order chi connectivity index (χ0) is 14.5. The quantitative estimate of drug-likeness (QED) is 0.649. The van der Waals surface area contributed by atoms with Crippen LogP contribution in [-0.4, -0.2) is 28.6 Å². The summed E-state index contributed by atoms with van der Waals surface area (Å²) >= 11 is 8.86. The van der Waals surface area contributed by atoms with Crippen molar-refractivity contribution in [2.75, 3.05) is 12.5 Å². The number of methoxy groups -OCH3 is 1. The van der Waals surface area contributed by atoms with Crippen LogP contribution in [0, 0.1) is 0 Å². The van der Waals surface area contributed by atoms with Gasteiger partial charge in [0.05, 0.1) is 17.8 Å². The molecule has 0 aliphatic rings. The van der Waals surface area contributed by atoms with E-state index in [1.165, 1.54) is 7.11 Å². The molecule has 0 unspecified atom stereocenters. The third-order valence-corrected chi connectivity index (χ3v) is 3.10. The van der Waals surface area contributed by atoms with Crippen LogP contribution in [0.4, 0.5) is 5.82 Å².